The number of dihydropyridines is 1. The van der Waals surface area contributed by atoms with Crippen molar-refractivity contribution in [3.05, 3.63) is 62.7 Å². The zero-order chi connectivity index (χ0) is 19.7. The quantitative estimate of drug-likeness (QED) is 0.727. The number of aromatic nitrogens is 2. The molecule has 0 spiro atoms. The third kappa shape index (κ3) is 3.65. The first-order chi connectivity index (χ1) is 12.8. The van der Waals surface area contributed by atoms with Gasteiger partial charge in [0.15, 0.2) is 0 Å². The highest BCUT2D eigenvalue weighted by Gasteiger charge is 2.37. The van der Waals surface area contributed by atoms with Crippen LogP contribution in [0, 0.1) is 6.92 Å². The molecule has 1 aromatic carbocycles. The minimum atomic E-state index is -0.852. The van der Waals surface area contributed by atoms with Gasteiger partial charge in [-0.1, -0.05) is 35.3 Å². The monoisotopic (exact) mass is 409 g/mol. The van der Waals surface area contributed by atoms with Gasteiger partial charge in [0.1, 0.15) is 5.76 Å². The number of aryl methyl sites for hydroxylation is 1. The maximum absolute atomic E-state index is 11.9. The summed E-state index contributed by atoms with van der Waals surface area (Å²) >= 11 is 12.7. The Kier molecular flexibility index (Phi) is 5.43. The van der Waals surface area contributed by atoms with Crippen LogP contribution in [0.3, 0.4) is 0 Å². The van der Waals surface area contributed by atoms with E-state index in [1.165, 1.54) is 7.11 Å². The van der Waals surface area contributed by atoms with Gasteiger partial charge in [0, 0.05) is 12.6 Å². The van der Waals surface area contributed by atoms with Crippen LogP contribution in [0.5, 0.6) is 0 Å². The molecule has 142 valence electrons. The first-order valence-corrected chi connectivity index (χ1v) is 8.77. The van der Waals surface area contributed by atoms with Gasteiger partial charge in [0.05, 0.1) is 34.3 Å². The number of ether oxygens (including phenoxy) is 2. The molecule has 27 heavy (non-hydrogen) atoms. The molecule has 9 heteroatoms. The molecule has 7 nitrogen and oxygen atoms in total. The predicted octanol–water partition coefficient (Wildman–Crippen LogP) is 4.82. The minimum Gasteiger partial charge on any atom is -0.437 e. The van der Waals surface area contributed by atoms with Crippen LogP contribution < -0.4 is 5.32 Å². The number of allylic oxidation sites excluding steroid dienone is 3. The Morgan fingerprint density at radius 3 is 2.56 bits per heavy atom. The number of nitrogens with zero attached hydrogens (tertiary/aromatic N) is 2. The zero-order valence-corrected chi connectivity index (χ0v) is 16.6. The van der Waals surface area contributed by atoms with E-state index in [0.29, 0.717) is 38.5 Å². The number of carbonyl (C=O) groups is 1. The largest absolute Gasteiger partial charge is 0.513 e. The average Bonchev–Trinajstić information content (AvgIpc) is 3.05. The minimum absolute atomic E-state index is 0.289. The van der Waals surface area contributed by atoms with Crippen molar-refractivity contribution in [2.45, 2.75) is 26.7 Å². The van der Waals surface area contributed by atoms with Gasteiger partial charge < -0.3 is 19.2 Å². The van der Waals surface area contributed by atoms with Crippen LogP contribution in [-0.2, 0) is 9.47 Å². The second kappa shape index (κ2) is 7.62. The zero-order valence-electron chi connectivity index (χ0n) is 15.1. The van der Waals surface area contributed by atoms with Crippen molar-refractivity contribution in [3.8, 4) is 0 Å². The van der Waals surface area contributed by atoms with E-state index in [2.05, 4.69) is 20.3 Å². The van der Waals surface area contributed by atoms with Crippen molar-refractivity contribution in [3.63, 3.8) is 0 Å². The summed E-state index contributed by atoms with van der Waals surface area (Å²) in [7, 11) is 1.24. The summed E-state index contributed by atoms with van der Waals surface area (Å²) in [5.41, 5.74) is 2.65. The summed E-state index contributed by atoms with van der Waals surface area (Å²) in [6.45, 7) is 5.33. The third-order valence-electron chi connectivity index (χ3n) is 4.11. The molecule has 1 aromatic heterocycles. The van der Waals surface area contributed by atoms with E-state index in [1.807, 2.05) is 6.92 Å². The number of nitrogens with one attached hydrogen (secondary N) is 1. The van der Waals surface area contributed by atoms with E-state index in [9.17, 15) is 4.79 Å². The maximum Gasteiger partial charge on any atom is 0.513 e. The van der Waals surface area contributed by atoms with Crippen LogP contribution in [0.15, 0.2) is 39.8 Å². The smallest absolute Gasteiger partial charge is 0.437 e. The third-order valence-corrected chi connectivity index (χ3v) is 4.94. The first-order valence-electron chi connectivity index (χ1n) is 8.02. The van der Waals surface area contributed by atoms with Gasteiger partial charge in [-0.2, -0.15) is 0 Å². The fourth-order valence-electron chi connectivity index (χ4n) is 2.97. The number of halogens is 2. The van der Waals surface area contributed by atoms with Gasteiger partial charge in [0.25, 0.3) is 0 Å². The van der Waals surface area contributed by atoms with E-state index in [-0.39, 0.29) is 5.89 Å². The molecular weight excluding hydrogens is 393 g/mol. The van der Waals surface area contributed by atoms with Crippen molar-refractivity contribution in [2.75, 3.05) is 7.11 Å². The Labute approximate surface area is 165 Å². The fourth-order valence-corrected chi connectivity index (χ4v) is 3.39. The van der Waals surface area contributed by atoms with Gasteiger partial charge in [0.2, 0.25) is 11.8 Å². The molecule has 1 N–H and O–H groups in total. The van der Waals surface area contributed by atoms with E-state index < -0.39 is 12.1 Å². The summed E-state index contributed by atoms with van der Waals surface area (Å²) in [5, 5.41) is 11.9. The van der Waals surface area contributed by atoms with E-state index in [4.69, 9.17) is 32.4 Å². The maximum atomic E-state index is 11.9. The lowest BCUT2D eigenvalue weighted by atomic mass is 9.85. The second-order valence-electron chi connectivity index (χ2n) is 5.91. The number of methoxy groups -OCH3 is 1. The van der Waals surface area contributed by atoms with E-state index in [1.54, 1.807) is 32.0 Å². The predicted molar refractivity (Wildman–Crippen MR) is 100 cm³/mol. The van der Waals surface area contributed by atoms with Gasteiger partial charge in [-0.25, -0.2) is 4.79 Å². The molecule has 0 amide bonds. The van der Waals surface area contributed by atoms with Crippen molar-refractivity contribution < 1.29 is 18.7 Å². The summed E-state index contributed by atoms with van der Waals surface area (Å²) in [5.74, 6) is 0.402. The summed E-state index contributed by atoms with van der Waals surface area (Å²) in [6, 6.07) is 5.25. The van der Waals surface area contributed by atoms with Gasteiger partial charge >= 0.3 is 6.16 Å². The van der Waals surface area contributed by atoms with Crippen LogP contribution >= 0.6 is 23.2 Å². The summed E-state index contributed by atoms with van der Waals surface area (Å²) in [6.07, 6.45) is -0.852. The highest BCUT2D eigenvalue weighted by atomic mass is 35.5. The van der Waals surface area contributed by atoms with Crippen molar-refractivity contribution in [1.29, 1.82) is 0 Å². The van der Waals surface area contributed by atoms with Crippen LogP contribution in [0.2, 0.25) is 10.0 Å². The Balaban J connectivity index is 2.23. The highest BCUT2D eigenvalue weighted by Crippen LogP contribution is 2.46. The Bertz CT molecular complexity index is 965. The number of hydrogen-bond acceptors (Lipinski definition) is 7. The molecular formula is C18H17Cl2N3O4. The summed E-state index contributed by atoms with van der Waals surface area (Å²) < 4.78 is 15.8. The Hall–Kier alpha value is -2.51. The second-order valence-corrected chi connectivity index (χ2v) is 6.70. The summed E-state index contributed by atoms with van der Waals surface area (Å²) in [4.78, 5) is 11.9. The Morgan fingerprint density at radius 2 is 1.93 bits per heavy atom. The van der Waals surface area contributed by atoms with E-state index in [0.717, 1.165) is 5.70 Å². The SMILES string of the molecule is COC(=O)OC1=C(C)NC(C)=C(c2nnc(C)o2)C1c1cccc(Cl)c1Cl. The first kappa shape index (κ1) is 19.3. The molecule has 1 aliphatic heterocycles. The van der Waals surface area contributed by atoms with Crippen LogP contribution in [0.1, 0.15) is 37.1 Å². The fraction of sp³-hybridized carbons (Fsp3) is 0.278. The lowest BCUT2D eigenvalue weighted by Gasteiger charge is -2.30. The standard InChI is InChI=1S/C18H17Cl2N3O4/c1-8-13(17-23-22-10(3)26-17)14(11-6-5-7-12(19)15(11)20)16(9(2)21-8)27-18(24)25-4/h5-7,14,21H,1-4H3. The molecule has 0 fully saturated rings. The molecule has 1 atom stereocenters. The van der Waals surface area contributed by atoms with Crippen LogP contribution in [-0.4, -0.2) is 23.5 Å². The number of benzene rings is 1. The van der Waals surface area contributed by atoms with E-state index >= 15 is 0 Å². The molecule has 2 aromatic rings. The normalized spacial score (nSPS) is 17.0. The molecule has 0 bridgehead atoms. The van der Waals surface area contributed by atoms with Crippen molar-refractivity contribution in [1.82, 2.24) is 15.5 Å². The topological polar surface area (TPSA) is 86.5 Å². The molecule has 0 saturated carbocycles. The van der Waals surface area contributed by atoms with Crippen LogP contribution in [0.25, 0.3) is 5.57 Å². The van der Waals surface area contributed by atoms with Crippen molar-refractivity contribution in [2.24, 2.45) is 0 Å². The molecule has 1 unspecified atom stereocenters. The number of rotatable bonds is 3. The average molecular weight is 410 g/mol. The van der Waals surface area contributed by atoms with Gasteiger partial charge in [-0.15, -0.1) is 10.2 Å². The van der Waals surface area contributed by atoms with Crippen LogP contribution in [0.4, 0.5) is 4.79 Å². The van der Waals surface area contributed by atoms with Gasteiger partial charge in [-0.05, 0) is 25.5 Å². The number of carbonyl (C=O) groups excluding carboxylic acids is 1. The molecule has 1 aliphatic rings. The molecule has 2 heterocycles. The number of hydrogen-bond donors (Lipinski definition) is 1. The van der Waals surface area contributed by atoms with Crippen molar-refractivity contribution >= 4 is 34.9 Å². The Morgan fingerprint density at radius 1 is 1.19 bits per heavy atom. The molecule has 3 rings (SSSR count). The highest BCUT2D eigenvalue weighted by molar-refractivity contribution is 6.42. The lowest BCUT2D eigenvalue weighted by molar-refractivity contribution is 0.0928. The molecule has 0 radical (unpaired) electrons. The van der Waals surface area contributed by atoms with Gasteiger partial charge in [-0.3, -0.25) is 0 Å². The molecule has 0 saturated heterocycles. The lowest BCUT2D eigenvalue weighted by Crippen LogP contribution is -2.26. The molecule has 0 aliphatic carbocycles.